The lowest BCUT2D eigenvalue weighted by Crippen LogP contribution is -3.14. The Morgan fingerprint density at radius 2 is 2.15 bits per heavy atom. The van der Waals surface area contributed by atoms with Gasteiger partial charge in [0, 0.05) is 12.1 Å². The molecule has 1 unspecified atom stereocenters. The Morgan fingerprint density at radius 3 is 3.00 bits per heavy atom. The normalized spacial score (nSPS) is 19.5. The first-order chi connectivity index (χ1) is 13.2. The van der Waals surface area contributed by atoms with Gasteiger partial charge in [0.05, 0.1) is 28.4 Å². The summed E-state index contributed by atoms with van der Waals surface area (Å²) in [4.78, 5) is 18.7. The van der Waals surface area contributed by atoms with Gasteiger partial charge >= 0.3 is 0 Å². The van der Waals surface area contributed by atoms with Gasteiger partial charge < -0.3 is 10.2 Å². The summed E-state index contributed by atoms with van der Waals surface area (Å²) in [5.74, 6) is -0.0203. The molecule has 0 spiro atoms. The lowest BCUT2D eigenvalue weighted by molar-refractivity contribution is -0.929. The van der Waals surface area contributed by atoms with E-state index in [4.69, 9.17) is 10.2 Å². The summed E-state index contributed by atoms with van der Waals surface area (Å²) in [6.07, 6.45) is 3.37. The number of rotatable bonds is 4. The maximum atomic E-state index is 12.6. The van der Waals surface area contributed by atoms with E-state index in [1.54, 1.807) is 29.5 Å². The molecule has 1 amide bonds. The van der Waals surface area contributed by atoms with Crippen molar-refractivity contribution in [3.63, 3.8) is 0 Å². The highest BCUT2D eigenvalue weighted by molar-refractivity contribution is 7.18. The number of nitrogens with one attached hydrogen (secondary N) is 2. The number of nitriles is 1. The molecule has 0 aliphatic carbocycles. The number of nitrogens with zero attached hydrogens (tertiary/aromatic N) is 2. The van der Waals surface area contributed by atoms with E-state index in [-0.39, 0.29) is 11.9 Å². The van der Waals surface area contributed by atoms with Crippen molar-refractivity contribution < 1.29 is 9.69 Å². The molecule has 1 aliphatic rings. The number of amides is 1. The zero-order valence-corrected chi connectivity index (χ0v) is 15.8. The lowest BCUT2D eigenvalue weighted by atomic mass is 10.0. The predicted octanol–water partition coefficient (Wildman–Crippen LogP) is 2.92. The Labute approximate surface area is 162 Å². The van der Waals surface area contributed by atoms with Crippen LogP contribution in [0.25, 0.3) is 10.2 Å². The van der Waals surface area contributed by atoms with E-state index in [9.17, 15) is 4.79 Å². The third kappa shape index (κ3) is 4.00. The van der Waals surface area contributed by atoms with Gasteiger partial charge in [-0.05, 0) is 43.2 Å². The van der Waals surface area contributed by atoms with Gasteiger partial charge in [-0.2, -0.15) is 5.26 Å². The second kappa shape index (κ2) is 7.87. The Balaban J connectivity index is 1.48. The third-order valence-corrected chi connectivity index (χ3v) is 6.16. The van der Waals surface area contributed by atoms with E-state index in [1.165, 1.54) is 16.0 Å². The van der Waals surface area contributed by atoms with Crippen LogP contribution in [0.1, 0.15) is 35.9 Å². The zero-order valence-electron chi connectivity index (χ0n) is 14.9. The Bertz CT molecular complexity index is 974. The Morgan fingerprint density at radius 1 is 1.26 bits per heavy atom. The first kappa shape index (κ1) is 17.7. The van der Waals surface area contributed by atoms with Crippen LogP contribution in [0, 0.1) is 11.3 Å². The summed E-state index contributed by atoms with van der Waals surface area (Å²) < 4.78 is 1.20. The first-order valence-electron chi connectivity index (χ1n) is 9.23. The average Bonchev–Trinajstić information content (AvgIpc) is 3.12. The molecule has 2 N–H and O–H groups in total. The molecule has 27 heavy (non-hydrogen) atoms. The molecule has 2 aromatic carbocycles. The van der Waals surface area contributed by atoms with Gasteiger partial charge in [0.15, 0.2) is 11.6 Å². The molecular formula is C21H21N4OS+. The van der Waals surface area contributed by atoms with Crippen molar-refractivity contribution in [3.8, 4) is 6.07 Å². The van der Waals surface area contributed by atoms with Crippen LogP contribution in [0.15, 0.2) is 48.5 Å². The van der Waals surface area contributed by atoms with Crippen molar-refractivity contribution in [2.75, 3.05) is 18.4 Å². The quantitative estimate of drug-likeness (QED) is 0.734. The number of likely N-dealkylation sites (tertiary alicyclic amines) is 1. The molecule has 2 heterocycles. The Hall–Kier alpha value is -2.75. The number of thiazole rings is 1. The van der Waals surface area contributed by atoms with Crippen LogP contribution in [-0.2, 0) is 4.79 Å². The number of fused-ring (bicyclic) bond motifs is 1. The fraction of sp³-hybridized carbons (Fsp3) is 0.286. The van der Waals surface area contributed by atoms with Crippen molar-refractivity contribution in [1.29, 1.82) is 5.26 Å². The van der Waals surface area contributed by atoms with Crippen LogP contribution in [0.5, 0.6) is 0 Å². The number of hydrogen-bond acceptors (Lipinski definition) is 4. The molecule has 1 fully saturated rings. The predicted molar refractivity (Wildman–Crippen MR) is 107 cm³/mol. The number of aromatic nitrogens is 1. The van der Waals surface area contributed by atoms with E-state index < -0.39 is 0 Å². The van der Waals surface area contributed by atoms with Gasteiger partial charge in [-0.15, -0.1) is 11.3 Å². The Kier molecular flexibility index (Phi) is 5.14. The van der Waals surface area contributed by atoms with Gasteiger partial charge in [0.2, 0.25) is 0 Å². The number of para-hydroxylation sites is 1. The van der Waals surface area contributed by atoms with Crippen LogP contribution in [0.2, 0.25) is 0 Å². The number of carbonyl (C=O) groups is 1. The summed E-state index contributed by atoms with van der Waals surface area (Å²) in [6.45, 7) is 1.39. The number of benzene rings is 2. The van der Waals surface area contributed by atoms with E-state index >= 15 is 0 Å². The number of quaternary nitrogens is 1. The fourth-order valence-electron chi connectivity index (χ4n) is 3.71. The van der Waals surface area contributed by atoms with Crippen molar-refractivity contribution >= 4 is 33.1 Å². The van der Waals surface area contributed by atoms with Gasteiger partial charge in [0.1, 0.15) is 6.04 Å². The molecule has 5 nitrogen and oxygen atoms in total. The molecule has 1 aliphatic heterocycles. The minimum absolute atomic E-state index is 0.0203. The summed E-state index contributed by atoms with van der Waals surface area (Å²) in [5.41, 5.74) is 2.26. The first-order valence-corrected chi connectivity index (χ1v) is 10.0. The number of carbonyl (C=O) groups excluding carboxylic acids is 1. The van der Waals surface area contributed by atoms with Crippen LogP contribution < -0.4 is 10.2 Å². The summed E-state index contributed by atoms with van der Waals surface area (Å²) in [5, 5.41) is 13.1. The largest absolute Gasteiger partial charge is 0.321 e. The molecule has 4 rings (SSSR count). The van der Waals surface area contributed by atoms with E-state index in [0.717, 1.165) is 29.9 Å². The van der Waals surface area contributed by atoms with Gasteiger partial charge in [-0.25, -0.2) is 4.98 Å². The second-order valence-electron chi connectivity index (χ2n) is 6.89. The topological polar surface area (TPSA) is 70.2 Å². The highest BCUT2D eigenvalue weighted by Gasteiger charge is 2.31. The number of anilines is 1. The SMILES string of the molecule is N#Cc1cccc(NC(=O)C[NH+]2CCCC[C@H]2c2nc3ccccc3s2)c1. The summed E-state index contributed by atoms with van der Waals surface area (Å²) in [6, 6.07) is 17.6. The molecule has 0 saturated carbocycles. The molecule has 0 radical (unpaired) electrons. The van der Waals surface area contributed by atoms with E-state index in [2.05, 4.69) is 17.5 Å². The minimum Gasteiger partial charge on any atom is -0.321 e. The van der Waals surface area contributed by atoms with Crippen molar-refractivity contribution in [2.24, 2.45) is 0 Å². The maximum absolute atomic E-state index is 12.6. The smallest absolute Gasteiger partial charge is 0.279 e. The van der Waals surface area contributed by atoms with Gasteiger partial charge in [-0.3, -0.25) is 4.79 Å². The molecule has 136 valence electrons. The fourth-order valence-corrected chi connectivity index (χ4v) is 4.87. The van der Waals surface area contributed by atoms with E-state index in [0.29, 0.717) is 17.8 Å². The van der Waals surface area contributed by atoms with Crippen LogP contribution in [0.3, 0.4) is 0 Å². The van der Waals surface area contributed by atoms with Crippen molar-refractivity contribution in [2.45, 2.75) is 25.3 Å². The summed E-state index contributed by atoms with van der Waals surface area (Å²) >= 11 is 1.74. The van der Waals surface area contributed by atoms with Gasteiger partial charge in [-0.1, -0.05) is 18.2 Å². The van der Waals surface area contributed by atoms with Crippen LogP contribution in [0.4, 0.5) is 5.69 Å². The zero-order chi connectivity index (χ0) is 18.6. The highest BCUT2D eigenvalue weighted by Crippen LogP contribution is 2.28. The highest BCUT2D eigenvalue weighted by atomic mass is 32.1. The molecule has 6 heteroatoms. The lowest BCUT2D eigenvalue weighted by Gasteiger charge is -2.30. The van der Waals surface area contributed by atoms with Gasteiger partial charge in [0.25, 0.3) is 5.91 Å². The average molecular weight is 377 g/mol. The van der Waals surface area contributed by atoms with Crippen LogP contribution >= 0.6 is 11.3 Å². The number of hydrogen-bond donors (Lipinski definition) is 2. The standard InChI is InChI=1S/C21H20N4OS/c22-13-15-6-5-7-16(12-15)23-20(26)14-25-11-4-3-9-18(25)21-24-17-8-1-2-10-19(17)27-21/h1-2,5-8,10,12,18H,3-4,9,11,14H2,(H,23,26)/p+1/t18-/m0/s1. The van der Waals surface area contributed by atoms with E-state index in [1.807, 2.05) is 24.3 Å². The van der Waals surface area contributed by atoms with Crippen molar-refractivity contribution in [1.82, 2.24) is 4.98 Å². The van der Waals surface area contributed by atoms with Crippen LogP contribution in [-0.4, -0.2) is 24.0 Å². The summed E-state index contributed by atoms with van der Waals surface area (Å²) in [7, 11) is 0. The minimum atomic E-state index is -0.0203. The second-order valence-corrected chi connectivity index (χ2v) is 7.96. The third-order valence-electron chi connectivity index (χ3n) is 5.01. The monoisotopic (exact) mass is 377 g/mol. The van der Waals surface area contributed by atoms with Crippen molar-refractivity contribution in [3.05, 3.63) is 59.1 Å². The molecule has 2 atom stereocenters. The molecular weight excluding hydrogens is 356 g/mol. The molecule has 0 bridgehead atoms. The molecule has 1 saturated heterocycles. The number of piperidine rings is 1. The molecule has 3 aromatic rings. The maximum Gasteiger partial charge on any atom is 0.279 e. The molecule has 1 aromatic heterocycles.